The Morgan fingerprint density at radius 2 is 2.08 bits per heavy atom. The molecular weight excluding hydrogens is 310 g/mol. The minimum absolute atomic E-state index is 0.0301. The number of hydrogen-bond acceptors (Lipinski definition) is 5. The third-order valence-electron chi connectivity index (χ3n) is 4.51. The number of rotatable bonds is 3. The number of carbonyl (C=O) groups is 1. The molecule has 24 heavy (non-hydrogen) atoms. The number of morpholine rings is 1. The van der Waals surface area contributed by atoms with Crippen LogP contribution in [0.3, 0.4) is 0 Å². The van der Waals surface area contributed by atoms with Gasteiger partial charge in [0, 0.05) is 26.1 Å². The van der Waals surface area contributed by atoms with Gasteiger partial charge >= 0.3 is 0 Å². The highest BCUT2D eigenvalue weighted by molar-refractivity contribution is 5.80. The van der Waals surface area contributed by atoms with Crippen molar-refractivity contribution in [3.05, 3.63) is 34.4 Å². The third-order valence-corrected chi connectivity index (χ3v) is 4.51. The molecule has 1 saturated heterocycles. The van der Waals surface area contributed by atoms with E-state index < -0.39 is 0 Å². The summed E-state index contributed by atoms with van der Waals surface area (Å²) in [7, 11) is 0. The molecule has 3 heterocycles. The Hall–Kier alpha value is -2.41. The Kier molecular flexibility index (Phi) is 3.93. The lowest BCUT2D eigenvalue weighted by atomic mass is 10.2. The van der Waals surface area contributed by atoms with Gasteiger partial charge in [0.1, 0.15) is 11.6 Å². The summed E-state index contributed by atoms with van der Waals surface area (Å²) in [5.41, 5.74) is 0.650. The predicted molar refractivity (Wildman–Crippen MR) is 87.2 cm³/mol. The SMILES string of the molecule is O=C(COc1ccc2nc3n(c(=O)c2c1)CCC3)N1CCOCC1. The van der Waals surface area contributed by atoms with Gasteiger partial charge < -0.3 is 14.4 Å². The average molecular weight is 329 g/mol. The number of aryl methyl sites for hydroxylation is 1. The molecule has 4 rings (SSSR count). The van der Waals surface area contributed by atoms with Gasteiger partial charge in [0.05, 0.1) is 24.1 Å². The zero-order chi connectivity index (χ0) is 16.5. The Balaban J connectivity index is 1.53. The van der Waals surface area contributed by atoms with Gasteiger partial charge in [-0.3, -0.25) is 14.2 Å². The van der Waals surface area contributed by atoms with Gasteiger partial charge in [-0.2, -0.15) is 0 Å². The molecule has 0 radical (unpaired) electrons. The molecule has 0 saturated carbocycles. The van der Waals surface area contributed by atoms with Gasteiger partial charge in [-0.25, -0.2) is 4.98 Å². The number of benzene rings is 1. The molecule has 1 aromatic heterocycles. The second-order valence-corrected chi connectivity index (χ2v) is 6.05. The molecule has 0 spiro atoms. The summed E-state index contributed by atoms with van der Waals surface area (Å²) in [4.78, 5) is 30.9. The number of hydrogen-bond donors (Lipinski definition) is 0. The van der Waals surface area contributed by atoms with E-state index in [0.717, 1.165) is 25.2 Å². The molecule has 126 valence electrons. The van der Waals surface area contributed by atoms with Crippen LogP contribution in [0, 0.1) is 0 Å². The largest absolute Gasteiger partial charge is 0.484 e. The van der Waals surface area contributed by atoms with Crippen LogP contribution in [0.15, 0.2) is 23.0 Å². The molecule has 1 amide bonds. The van der Waals surface area contributed by atoms with Crippen molar-refractivity contribution in [2.75, 3.05) is 32.9 Å². The van der Waals surface area contributed by atoms with Gasteiger partial charge in [-0.15, -0.1) is 0 Å². The molecule has 0 bridgehead atoms. The fourth-order valence-corrected chi connectivity index (χ4v) is 3.20. The lowest BCUT2D eigenvalue weighted by Crippen LogP contribution is -2.42. The van der Waals surface area contributed by atoms with Crippen LogP contribution in [0.25, 0.3) is 10.9 Å². The smallest absolute Gasteiger partial charge is 0.261 e. The van der Waals surface area contributed by atoms with E-state index in [1.54, 1.807) is 27.7 Å². The van der Waals surface area contributed by atoms with Gasteiger partial charge in [0.15, 0.2) is 6.61 Å². The summed E-state index contributed by atoms with van der Waals surface area (Å²) in [5.74, 6) is 1.30. The highest BCUT2D eigenvalue weighted by Gasteiger charge is 2.18. The first-order valence-corrected chi connectivity index (χ1v) is 8.24. The Morgan fingerprint density at radius 1 is 1.25 bits per heavy atom. The van der Waals surface area contributed by atoms with Crippen LogP contribution in [0.1, 0.15) is 12.2 Å². The molecule has 7 heteroatoms. The normalized spacial score (nSPS) is 17.1. The highest BCUT2D eigenvalue weighted by atomic mass is 16.5. The van der Waals surface area contributed by atoms with E-state index >= 15 is 0 Å². The summed E-state index contributed by atoms with van der Waals surface area (Å²) in [6.45, 7) is 3.00. The Labute approximate surface area is 138 Å². The van der Waals surface area contributed by atoms with Gasteiger partial charge in [0.25, 0.3) is 11.5 Å². The fourth-order valence-electron chi connectivity index (χ4n) is 3.20. The quantitative estimate of drug-likeness (QED) is 0.823. The number of carbonyl (C=O) groups excluding carboxylic acids is 1. The van der Waals surface area contributed by atoms with E-state index in [9.17, 15) is 9.59 Å². The van der Waals surface area contributed by atoms with Crippen molar-refractivity contribution in [3.8, 4) is 5.75 Å². The minimum atomic E-state index is -0.0674. The van der Waals surface area contributed by atoms with Crippen LogP contribution in [0.2, 0.25) is 0 Å². The zero-order valence-electron chi connectivity index (χ0n) is 13.4. The van der Waals surface area contributed by atoms with Crippen molar-refractivity contribution in [2.24, 2.45) is 0 Å². The summed E-state index contributed by atoms with van der Waals surface area (Å²) in [6.07, 6.45) is 1.80. The lowest BCUT2D eigenvalue weighted by molar-refractivity contribution is -0.137. The maximum absolute atomic E-state index is 12.5. The second-order valence-electron chi connectivity index (χ2n) is 6.05. The second kappa shape index (κ2) is 6.24. The summed E-state index contributed by atoms with van der Waals surface area (Å²) in [5, 5.41) is 0.539. The van der Waals surface area contributed by atoms with E-state index in [1.165, 1.54) is 0 Å². The van der Waals surface area contributed by atoms with Crippen LogP contribution < -0.4 is 10.3 Å². The van der Waals surface area contributed by atoms with E-state index in [2.05, 4.69) is 4.98 Å². The van der Waals surface area contributed by atoms with Crippen molar-refractivity contribution < 1.29 is 14.3 Å². The number of fused-ring (bicyclic) bond motifs is 2. The monoisotopic (exact) mass is 329 g/mol. The topological polar surface area (TPSA) is 73.7 Å². The average Bonchev–Trinajstić information content (AvgIpc) is 3.09. The maximum atomic E-state index is 12.5. The van der Waals surface area contributed by atoms with Crippen molar-refractivity contribution in [1.29, 1.82) is 0 Å². The van der Waals surface area contributed by atoms with Gasteiger partial charge in [-0.05, 0) is 24.6 Å². The summed E-state index contributed by atoms with van der Waals surface area (Å²) < 4.78 is 12.6. The van der Waals surface area contributed by atoms with Crippen LogP contribution in [-0.2, 0) is 22.5 Å². The Morgan fingerprint density at radius 3 is 2.92 bits per heavy atom. The third kappa shape index (κ3) is 2.75. The van der Waals surface area contributed by atoms with E-state index in [4.69, 9.17) is 9.47 Å². The molecule has 1 aromatic carbocycles. The van der Waals surface area contributed by atoms with E-state index in [0.29, 0.717) is 43.0 Å². The first-order chi connectivity index (χ1) is 11.7. The van der Waals surface area contributed by atoms with E-state index in [1.807, 2.05) is 0 Å². The number of nitrogens with zero attached hydrogens (tertiary/aromatic N) is 3. The van der Waals surface area contributed by atoms with Crippen molar-refractivity contribution in [2.45, 2.75) is 19.4 Å². The van der Waals surface area contributed by atoms with Crippen LogP contribution in [-0.4, -0.2) is 53.3 Å². The van der Waals surface area contributed by atoms with E-state index in [-0.39, 0.29) is 18.1 Å². The molecule has 1 fully saturated rings. The van der Waals surface area contributed by atoms with Gasteiger partial charge in [-0.1, -0.05) is 0 Å². The van der Waals surface area contributed by atoms with Gasteiger partial charge in [0.2, 0.25) is 0 Å². The molecule has 2 aliphatic heterocycles. The first kappa shape index (κ1) is 15.1. The van der Waals surface area contributed by atoms with Crippen LogP contribution >= 0.6 is 0 Å². The highest BCUT2D eigenvalue weighted by Crippen LogP contribution is 2.20. The number of amides is 1. The molecule has 2 aromatic rings. The zero-order valence-corrected chi connectivity index (χ0v) is 13.4. The standard InChI is InChI=1S/C17H19N3O4/c21-16(19-6-8-23-9-7-19)11-24-12-3-4-14-13(10-12)17(22)20-5-1-2-15(20)18-14/h3-4,10H,1-2,5-9,11H2. The Bertz CT molecular complexity index is 840. The molecule has 0 N–H and O–H groups in total. The molecular formula is C17H19N3O4. The summed E-state index contributed by atoms with van der Waals surface area (Å²) in [6, 6.07) is 5.22. The molecule has 7 nitrogen and oxygen atoms in total. The maximum Gasteiger partial charge on any atom is 0.261 e. The first-order valence-electron chi connectivity index (χ1n) is 8.24. The lowest BCUT2D eigenvalue weighted by Gasteiger charge is -2.26. The van der Waals surface area contributed by atoms with Crippen molar-refractivity contribution in [1.82, 2.24) is 14.5 Å². The predicted octanol–water partition coefficient (Wildman–Crippen LogP) is 0.580. The van der Waals surface area contributed by atoms with Crippen molar-refractivity contribution in [3.63, 3.8) is 0 Å². The molecule has 0 unspecified atom stereocenters. The molecule has 2 aliphatic rings. The van der Waals surface area contributed by atoms with Crippen LogP contribution in [0.4, 0.5) is 0 Å². The molecule has 0 aliphatic carbocycles. The number of aromatic nitrogens is 2. The number of ether oxygens (including phenoxy) is 2. The van der Waals surface area contributed by atoms with Crippen molar-refractivity contribution >= 4 is 16.8 Å². The molecule has 0 atom stereocenters. The fraction of sp³-hybridized carbons (Fsp3) is 0.471. The minimum Gasteiger partial charge on any atom is -0.484 e. The van der Waals surface area contributed by atoms with Crippen LogP contribution in [0.5, 0.6) is 5.75 Å². The summed E-state index contributed by atoms with van der Waals surface area (Å²) >= 11 is 0.